The highest BCUT2D eigenvalue weighted by molar-refractivity contribution is 5.46. The molecule has 4 nitrogen and oxygen atoms in total. The number of aliphatic hydroxyl groups is 2. The summed E-state index contributed by atoms with van der Waals surface area (Å²) in [5, 5.41) is 18.7. The van der Waals surface area contributed by atoms with Gasteiger partial charge >= 0.3 is 6.41 Å². The maximum Gasteiger partial charge on any atom is 0.665 e. The molecule has 0 radical (unpaired) electrons. The lowest BCUT2D eigenvalue weighted by Gasteiger charge is -1.97. The van der Waals surface area contributed by atoms with Gasteiger partial charge in [-0.1, -0.05) is 0 Å². The predicted molar refractivity (Wildman–Crippen MR) is 26.8 cm³/mol. The molecule has 3 N–H and O–H groups in total. The van der Waals surface area contributed by atoms with Crippen molar-refractivity contribution < 1.29 is 15.0 Å². The molecule has 0 heterocycles. The molecule has 0 aliphatic carbocycles. The van der Waals surface area contributed by atoms with E-state index in [-0.39, 0.29) is 13.2 Å². The Labute approximate surface area is 47.1 Å². The molecule has 0 aromatic rings. The lowest BCUT2D eigenvalue weighted by molar-refractivity contribution is 0.0981. The van der Waals surface area contributed by atoms with Gasteiger partial charge in [-0.15, -0.1) is 5.32 Å². The number of carbonyl (C=O) groups excluding carboxylic acids is 1. The van der Waals surface area contributed by atoms with E-state index >= 15 is 0 Å². The third-order valence-corrected chi connectivity index (χ3v) is 0.621. The number of nitrogens with one attached hydrogen (secondary N) is 1. The number of rotatable bonds is 4. The Kier molecular flexibility index (Phi) is 4.07. The molecule has 46 valence electrons. The molecular weight excluding hydrogens is 110 g/mol. The topological polar surface area (TPSA) is 69.6 Å². The van der Waals surface area contributed by atoms with Crippen LogP contribution >= 0.6 is 0 Å². The van der Waals surface area contributed by atoms with E-state index in [0.29, 0.717) is 0 Å². The van der Waals surface area contributed by atoms with Crippen LogP contribution in [0, 0.1) is 0 Å². The summed E-state index contributed by atoms with van der Waals surface area (Å²) in [6.45, 7) is -0.283. The summed E-state index contributed by atoms with van der Waals surface area (Å²) in [7, 11) is 0. The molecule has 8 heavy (non-hydrogen) atoms. The molecule has 1 atom stereocenters. The number of hydrogen-bond donors (Lipinski definition) is 3. The van der Waals surface area contributed by atoms with Crippen LogP contribution in [0.15, 0.2) is 0 Å². The van der Waals surface area contributed by atoms with Gasteiger partial charge in [0.15, 0.2) is 0 Å². The zero-order valence-electron chi connectivity index (χ0n) is 4.29. The van der Waals surface area contributed by atoms with Gasteiger partial charge in [0.1, 0.15) is 0 Å². The van der Waals surface area contributed by atoms with Crippen LogP contribution in [0.3, 0.4) is 0 Å². The first kappa shape index (κ1) is 7.30. The summed E-state index contributed by atoms with van der Waals surface area (Å²) in [4.78, 5) is 9.40. The van der Waals surface area contributed by atoms with Crippen LogP contribution in [0.2, 0.25) is 0 Å². The van der Waals surface area contributed by atoms with E-state index in [0.717, 1.165) is 0 Å². The van der Waals surface area contributed by atoms with Gasteiger partial charge in [-0.3, -0.25) is 0 Å². The lowest BCUT2D eigenvalue weighted by Crippen LogP contribution is -2.28. The van der Waals surface area contributed by atoms with Crippen molar-refractivity contribution in [1.82, 2.24) is 5.32 Å². The van der Waals surface area contributed by atoms with Gasteiger partial charge in [-0.2, -0.15) is 0 Å². The van der Waals surface area contributed by atoms with Crippen LogP contribution in [0.25, 0.3) is 0 Å². The van der Waals surface area contributed by atoms with Crippen LogP contribution < -0.4 is 5.32 Å². The van der Waals surface area contributed by atoms with Gasteiger partial charge < -0.3 is 10.2 Å². The minimum atomic E-state index is -0.864. The van der Waals surface area contributed by atoms with Gasteiger partial charge in [0.05, 0.1) is 24.1 Å². The lowest BCUT2D eigenvalue weighted by atomic mass is 10.4. The van der Waals surface area contributed by atoms with E-state index < -0.39 is 6.10 Å². The fraction of sp³-hybridized carbons (Fsp3) is 0.750. The molecule has 0 saturated heterocycles. The maximum atomic E-state index is 9.40. The second-order valence-corrected chi connectivity index (χ2v) is 1.32. The van der Waals surface area contributed by atoms with Crippen molar-refractivity contribution in [2.24, 2.45) is 0 Å². The van der Waals surface area contributed by atoms with Gasteiger partial charge in [0.25, 0.3) is 0 Å². The summed E-state index contributed by atoms with van der Waals surface area (Å²) in [6.07, 6.45) is 0.497. The van der Waals surface area contributed by atoms with Gasteiger partial charge in [-0.25, -0.2) is 0 Å². The standard InChI is InChI=1S/C4H8NO3/c6-2-4(8)1-5-3-7/h4,6,8H,1-2H2,(H,5,7)/q+1. The van der Waals surface area contributed by atoms with Crippen LogP contribution in [-0.2, 0) is 4.79 Å². The van der Waals surface area contributed by atoms with E-state index in [9.17, 15) is 4.79 Å². The summed E-state index contributed by atoms with van der Waals surface area (Å²) < 4.78 is 0. The fourth-order valence-corrected chi connectivity index (χ4v) is 0.224. The zero-order chi connectivity index (χ0) is 6.41. The minimum Gasteiger partial charge on any atom is -0.394 e. The van der Waals surface area contributed by atoms with Crippen molar-refractivity contribution in [2.45, 2.75) is 6.10 Å². The van der Waals surface area contributed by atoms with Gasteiger partial charge in [-0.05, 0) is 0 Å². The Morgan fingerprint density at radius 3 is 2.75 bits per heavy atom. The van der Waals surface area contributed by atoms with Crippen molar-refractivity contribution >= 4 is 6.41 Å². The van der Waals surface area contributed by atoms with Crippen molar-refractivity contribution in [3.05, 3.63) is 0 Å². The van der Waals surface area contributed by atoms with Crippen LogP contribution in [0.4, 0.5) is 0 Å². The molecule has 0 aliphatic heterocycles. The van der Waals surface area contributed by atoms with E-state index in [4.69, 9.17) is 10.2 Å². The molecule has 1 amide bonds. The Balaban J connectivity index is 2.97. The quantitative estimate of drug-likeness (QED) is 0.295. The Bertz CT molecular complexity index is 66.3. The molecule has 0 spiro atoms. The van der Waals surface area contributed by atoms with Gasteiger partial charge in [0, 0.05) is 0 Å². The van der Waals surface area contributed by atoms with Crippen molar-refractivity contribution in [1.29, 1.82) is 0 Å². The van der Waals surface area contributed by atoms with Crippen molar-refractivity contribution in [2.75, 3.05) is 13.2 Å². The molecule has 0 fully saturated rings. The molecule has 0 aromatic heterocycles. The second kappa shape index (κ2) is 4.46. The Morgan fingerprint density at radius 1 is 1.75 bits per heavy atom. The zero-order valence-corrected chi connectivity index (χ0v) is 4.29. The number of amides is 1. The first-order valence-electron chi connectivity index (χ1n) is 2.20. The van der Waals surface area contributed by atoms with Crippen LogP contribution in [0.5, 0.6) is 0 Å². The van der Waals surface area contributed by atoms with Crippen LogP contribution in [0.1, 0.15) is 0 Å². The molecule has 0 aromatic carbocycles. The summed E-state index contributed by atoms with van der Waals surface area (Å²) in [6, 6.07) is 0. The van der Waals surface area contributed by atoms with E-state index in [1.165, 1.54) is 6.41 Å². The molecule has 0 aliphatic rings. The van der Waals surface area contributed by atoms with E-state index in [1.807, 2.05) is 0 Å². The predicted octanol–water partition coefficient (Wildman–Crippen LogP) is -2.00. The second-order valence-electron chi connectivity index (χ2n) is 1.32. The molecular formula is C4H8NO3+. The Hall–Kier alpha value is -0.700. The van der Waals surface area contributed by atoms with Gasteiger partial charge in [0.2, 0.25) is 0 Å². The molecule has 0 rings (SSSR count). The molecule has 1 unspecified atom stereocenters. The van der Waals surface area contributed by atoms with E-state index in [1.54, 1.807) is 0 Å². The Morgan fingerprint density at radius 2 is 2.38 bits per heavy atom. The van der Waals surface area contributed by atoms with Crippen molar-refractivity contribution in [3.63, 3.8) is 0 Å². The average Bonchev–Trinajstić information content (AvgIpc) is 1.83. The highest BCUT2D eigenvalue weighted by atomic mass is 16.3. The largest absolute Gasteiger partial charge is 0.665 e. The summed E-state index contributed by atoms with van der Waals surface area (Å²) in [5.74, 6) is 0. The third kappa shape index (κ3) is 3.49. The highest BCUT2D eigenvalue weighted by Crippen LogP contribution is 1.72. The smallest absolute Gasteiger partial charge is 0.394 e. The summed E-state index contributed by atoms with van der Waals surface area (Å²) in [5.41, 5.74) is 0. The minimum absolute atomic E-state index is 0.0556. The normalized spacial score (nSPS) is 12.2. The molecule has 0 saturated carbocycles. The molecule has 4 heteroatoms. The molecule has 0 bridgehead atoms. The number of aliphatic hydroxyl groups excluding tert-OH is 2. The third-order valence-electron chi connectivity index (χ3n) is 0.621. The first-order valence-corrected chi connectivity index (χ1v) is 2.20. The fourth-order valence-electron chi connectivity index (χ4n) is 0.224. The monoisotopic (exact) mass is 118 g/mol. The summed E-state index contributed by atoms with van der Waals surface area (Å²) >= 11 is 0. The van der Waals surface area contributed by atoms with E-state index in [2.05, 4.69) is 5.32 Å². The van der Waals surface area contributed by atoms with Crippen molar-refractivity contribution in [3.8, 4) is 0 Å². The SMILES string of the molecule is O=[C+]NCC(O)CO. The highest BCUT2D eigenvalue weighted by Gasteiger charge is 2.03. The first-order chi connectivity index (χ1) is 3.81. The maximum absolute atomic E-state index is 9.40. The average molecular weight is 118 g/mol. The number of hydrogen-bond acceptors (Lipinski definition) is 3. The van der Waals surface area contributed by atoms with Crippen LogP contribution in [-0.4, -0.2) is 35.9 Å².